The number of aromatic nitrogens is 1. The van der Waals surface area contributed by atoms with Crippen molar-refractivity contribution in [3.8, 4) is 11.8 Å². The molecule has 0 saturated heterocycles. The summed E-state index contributed by atoms with van der Waals surface area (Å²) in [4.78, 5) is 16.1. The van der Waals surface area contributed by atoms with E-state index in [2.05, 4.69) is 16.8 Å². The molecule has 0 amide bonds. The Morgan fingerprint density at radius 1 is 1.31 bits per heavy atom. The molecule has 0 fully saturated rings. The van der Waals surface area contributed by atoms with Gasteiger partial charge in [0.1, 0.15) is 0 Å². The fourth-order valence-corrected chi connectivity index (χ4v) is 1.60. The third kappa shape index (κ3) is 1.94. The minimum Gasteiger partial charge on any atom is -0.293 e. The van der Waals surface area contributed by atoms with Gasteiger partial charge in [-0.2, -0.15) is 0 Å². The highest BCUT2D eigenvalue weighted by Crippen LogP contribution is 2.17. The predicted molar refractivity (Wildman–Crippen MR) is 64.1 cm³/mol. The lowest BCUT2D eigenvalue weighted by molar-refractivity contribution is 0.0999. The van der Waals surface area contributed by atoms with Crippen molar-refractivity contribution in [3.05, 3.63) is 42.1 Å². The van der Waals surface area contributed by atoms with Gasteiger partial charge in [-0.05, 0) is 19.1 Å². The Balaban J connectivity index is 2.50. The summed E-state index contributed by atoms with van der Waals surface area (Å²) in [5.74, 6) is 5.57. The Hall–Kier alpha value is -2.14. The lowest BCUT2D eigenvalue weighted by Gasteiger charge is -2.02. The fourth-order valence-electron chi connectivity index (χ4n) is 1.60. The Morgan fingerprint density at radius 2 is 2.12 bits per heavy atom. The highest BCUT2D eigenvalue weighted by atomic mass is 16.1. The molecule has 0 N–H and O–H groups in total. The number of hydrogen-bond donors (Lipinski definition) is 0. The average molecular weight is 209 g/mol. The maximum absolute atomic E-state index is 11.9. The first-order valence-electron chi connectivity index (χ1n) is 5.09. The summed E-state index contributed by atoms with van der Waals surface area (Å²) in [5.41, 5.74) is 1.55. The number of pyridine rings is 1. The van der Waals surface area contributed by atoms with Crippen LogP contribution in [0.5, 0.6) is 0 Å². The largest absolute Gasteiger partial charge is 0.293 e. The van der Waals surface area contributed by atoms with Crippen molar-refractivity contribution in [2.75, 3.05) is 0 Å². The highest BCUT2D eigenvalue weighted by Gasteiger charge is 2.08. The average Bonchev–Trinajstić information content (AvgIpc) is 2.35. The van der Waals surface area contributed by atoms with E-state index < -0.39 is 0 Å². The summed E-state index contributed by atoms with van der Waals surface area (Å²) >= 11 is 0. The normalized spacial score (nSPS) is 9.56. The third-order valence-corrected chi connectivity index (χ3v) is 2.38. The van der Waals surface area contributed by atoms with Gasteiger partial charge < -0.3 is 0 Å². The molecular weight excluding hydrogens is 198 g/mol. The van der Waals surface area contributed by atoms with Crippen LogP contribution in [-0.2, 0) is 0 Å². The van der Waals surface area contributed by atoms with Crippen molar-refractivity contribution in [2.24, 2.45) is 0 Å². The molecule has 0 atom stereocenters. The van der Waals surface area contributed by atoms with Crippen molar-refractivity contribution in [1.82, 2.24) is 4.98 Å². The molecule has 0 saturated carbocycles. The molecule has 16 heavy (non-hydrogen) atoms. The van der Waals surface area contributed by atoms with Crippen molar-refractivity contribution < 1.29 is 4.79 Å². The SMILES string of the molecule is CC#CCC(=O)c1ccnc2ccccc12. The maximum atomic E-state index is 11.9. The summed E-state index contributed by atoms with van der Waals surface area (Å²) in [7, 11) is 0. The van der Waals surface area contributed by atoms with Gasteiger partial charge in [-0.1, -0.05) is 24.1 Å². The second-order valence-electron chi connectivity index (χ2n) is 3.40. The number of nitrogens with zero attached hydrogens (tertiary/aromatic N) is 1. The Bertz CT molecular complexity index is 585. The summed E-state index contributed by atoms with van der Waals surface area (Å²) in [6, 6.07) is 9.39. The number of benzene rings is 1. The van der Waals surface area contributed by atoms with Crippen molar-refractivity contribution in [2.45, 2.75) is 13.3 Å². The summed E-state index contributed by atoms with van der Waals surface area (Å²) in [6.45, 7) is 1.73. The van der Waals surface area contributed by atoms with E-state index in [1.165, 1.54) is 0 Å². The van der Waals surface area contributed by atoms with Crippen molar-refractivity contribution in [1.29, 1.82) is 0 Å². The zero-order valence-corrected chi connectivity index (χ0v) is 9.03. The van der Waals surface area contributed by atoms with E-state index >= 15 is 0 Å². The molecule has 1 aromatic heterocycles. The topological polar surface area (TPSA) is 30.0 Å². The smallest absolute Gasteiger partial charge is 0.175 e. The monoisotopic (exact) mass is 209 g/mol. The minimum atomic E-state index is 0.0490. The Kier molecular flexibility index (Phi) is 2.98. The molecular formula is C14H11NO. The zero-order chi connectivity index (χ0) is 11.4. The molecule has 78 valence electrons. The molecule has 1 aromatic carbocycles. The number of fused-ring (bicyclic) bond motifs is 1. The van der Waals surface area contributed by atoms with E-state index in [0.717, 1.165) is 10.9 Å². The first-order chi connectivity index (χ1) is 7.83. The Morgan fingerprint density at radius 3 is 2.94 bits per heavy atom. The number of ketones is 1. The van der Waals surface area contributed by atoms with Gasteiger partial charge in [0.15, 0.2) is 5.78 Å². The van der Waals surface area contributed by atoms with Crippen molar-refractivity contribution >= 4 is 16.7 Å². The maximum Gasteiger partial charge on any atom is 0.175 e. The lowest BCUT2D eigenvalue weighted by Crippen LogP contribution is -1.99. The van der Waals surface area contributed by atoms with Crippen LogP contribution in [0.25, 0.3) is 10.9 Å². The number of rotatable bonds is 2. The molecule has 0 aliphatic carbocycles. The molecule has 2 nitrogen and oxygen atoms in total. The van der Waals surface area contributed by atoms with Gasteiger partial charge >= 0.3 is 0 Å². The molecule has 2 rings (SSSR count). The second-order valence-corrected chi connectivity index (χ2v) is 3.40. The van der Waals surface area contributed by atoms with Crippen LogP contribution in [0.3, 0.4) is 0 Å². The van der Waals surface area contributed by atoms with Crippen LogP contribution in [0.4, 0.5) is 0 Å². The molecule has 0 spiro atoms. The number of carbonyl (C=O) groups excluding carboxylic acids is 1. The minimum absolute atomic E-state index is 0.0490. The molecule has 0 aliphatic rings. The van der Waals surface area contributed by atoms with Gasteiger partial charge in [0.05, 0.1) is 11.9 Å². The van der Waals surface area contributed by atoms with Gasteiger partial charge in [-0.25, -0.2) is 0 Å². The highest BCUT2D eigenvalue weighted by molar-refractivity contribution is 6.07. The number of para-hydroxylation sites is 1. The summed E-state index contributed by atoms with van der Waals surface area (Å²) in [5, 5.41) is 0.896. The zero-order valence-electron chi connectivity index (χ0n) is 9.03. The summed E-state index contributed by atoms with van der Waals surface area (Å²) in [6.07, 6.45) is 1.93. The Labute approximate surface area is 94.3 Å². The standard InChI is InChI=1S/C14H11NO/c1-2-3-8-14(16)12-9-10-15-13-7-5-4-6-11(12)13/h4-7,9-10H,8H2,1H3. The first-order valence-corrected chi connectivity index (χ1v) is 5.09. The molecule has 0 radical (unpaired) electrons. The predicted octanol–water partition coefficient (Wildman–Crippen LogP) is 2.83. The van der Waals surface area contributed by atoms with Crippen molar-refractivity contribution in [3.63, 3.8) is 0 Å². The van der Waals surface area contributed by atoms with E-state index in [9.17, 15) is 4.79 Å². The van der Waals surface area contributed by atoms with Crippen LogP contribution >= 0.6 is 0 Å². The quantitative estimate of drug-likeness (QED) is 0.562. The van der Waals surface area contributed by atoms with Gasteiger partial charge in [-0.3, -0.25) is 9.78 Å². The van der Waals surface area contributed by atoms with Gasteiger partial charge in [-0.15, -0.1) is 5.92 Å². The molecule has 2 aromatic rings. The number of hydrogen-bond acceptors (Lipinski definition) is 2. The van der Waals surface area contributed by atoms with Gasteiger partial charge in [0.25, 0.3) is 0 Å². The molecule has 0 aliphatic heterocycles. The van der Waals surface area contributed by atoms with E-state index in [1.807, 2.05) is 24.3 Å². The van der Waals surface area contributed by atoms with E-state index in [-0.39, 0.29) is 12.2 Å². The number of carbonyl (C=O) groups is 1. The van der Waals surface area contributed by atoms with Crippen LogP contribution < -0.4 is 0 Å². The van der Waals surface area contributed by atoms with Gasteiger partial charge in [0, 0.05) is 17.1 Å². The lowest BCUT2D eigenvalue weighted by atomic mass is 10.0. The first kappa shape index (κ1) is 10.4. The molecule has 1 heterocycles. The van der Waals surface area contributed by atoms with Crippen LogP contribution in [0.2, 0.25) is 0 Å². The van der Waals surface area contributed by atoms with Crippen LogP contribution in [0.15, 0.2) is 36.5 Å². The molecule has 0 bridgehead atoms. The van der Waals surface area contributed by atoms with Gasteiger partial charge in [0.2, 0.25) is 0 Å². The van der Waals surface area contributed by atoms with Crippen LogP contribution in [-0.4, -0.2) is 10.8 Å². The van der Waals surface area contributed by atoms with Crippen LogP contribution in [0, 0.1) is 11.8 Å². The number of Topliss-reactive ketones (excluding diaryl/α,β-unsaturated/α-hetero) is 1. The second kappa shape index (κ2) is 4.59. The molecule has 0 unspecified atom stereocenters. The van der Waals surface area contributed by atoms with E-state index in [0.29, 0.717) is 5.56 Å². The van der Waals surface area contributed by atoms with Crippen LogP contribution in [0.1, 0.15) is 23.7 Å². The molecule has 2 heteroatoms. The van der Waals surface area contributed by atoms with E-state index in [4.69, 9.17) is 0 Å². The summed E-state index contributed by atoms with van der Waals surface area (Å²) < 4.78 is 0. The third-order valence-electron chi connectivity index (χ3n) is 2.38. The fraction of sp³-hybridized carbons (Fsp3) is 0.143. The van der Waals surface area contributed by atoms with E-state index in [1.54, 1.807) is 19.2 Å².